The van der Waals surface area contributed by atoms with Crippen molar-refractivity contribution in [3.05, 3.63) is 117 Å². The van der Waals surface area contributed by atoms with Crippen LogP contribution in [0.5, 0.6) is 0 Å². The van der Waals surface area contributed by atoms with Crippen LogP contribution in [0.1, 0.15) is 44.5 Å². The van der Waals surface area contributed by atoms with Gasteiger partial charge in [-0.25, -0.2) is 0 Å². The zero-order chi connectivity index (χ0) is 30.5. The molecule has 0 amide bonds. The average Bonchev–Trinajstić information content (AvgIpc) is 3.97. The van der Waals surface area contributed by atoms with Crippen molar-refractivity contribution in [2.24, 2.45) is 0 Å². The summed E-state index contributed by atoms with van der Waals surface area (Å²) in [4.78, 5) is 9.91. The van der Waals surface area contributed by atoms with Gasteiger partial charge in [-0.2, -0.15) is 0 Å². The Morgan fingerprint density at radius 1 is 0.400 bits per heavy atom. The summed E-state index contributed by atoms with van der Waals surface area (Å²) in [7, 11) is -0.851. The first kappa shape index (κ1) is 24.4. The molecule has 0 saturated carbocycles. The van der Waals surface area contributed by atoms with Crippen LogP contribution in [0.15, 0.2) is 72.8 Å². The van der Waals surface area contributed by atoms with Crippen LogP contribution >= 0.6 is 15.8 Å². The van der Waals surface area contributed by atoms with Crippen molar-refractivity contribution < 1.29 is 6.37 Å². The van der Waals surface area contributed by atoms with Crippen molar-refractivity contribution in [1.82, 2.24) is 0 Å². The molecule has 10 heterocycles. The summed E-state index contributed by atoms with van der Waals surface area (Å²) in [6.45, 7) is 19.6. The van der Waals surface area contributed by atoms with E-state index in [0.29, 0.717) is 8.18 Å². The molecule has 10 aliphatic rings. The second-order valence-electron chi connectivity index (χ2n) is 18.8. The van der Waals surface area contributed by atoms with E-state index in [0.717, 1.165) is 0 Å². The van der Waals surface area contributed by atoms with Crippen molar-refractivity contribution in [3.63, 3.8) is 0 Å². The Bertz CT molecular complexity index is 2330. The van der Waals surface area contributed by atoms with Gasteiger partial charge < -0.3 is 0 Å². The topological polar surface area (TPSA) is 0 Å². The first-order chi connectivity index (χ1) is 21.4. The first-order valence-electron chi connectivity index (χ1n) is 17.4. The Labute approximate surface area is 261 Å². The fourth-order valence-electron chi connectivity index (χ4n) is 21.4. The number of rotatable bonds is 6. The van der Waals surface area contributed by atoms with Crippen LogP contribution in [-0.2, 0) is 6.37 Å². The molecule has 0 bridgehead atoms. The van der Waals surface area contributed by atoms with Gasteiger partial charge in [0.05, 0.1) is 0 Å². The van der Waals surface area contributed by atoms with Crippen LogP contribution in [0.25, 0.3) is 0 Å². The number of aryl methyl sites for hydroxylation is 4. The van der Waals surface area contributed by atoms with Crippen LogP contribution in [0.2, 0.25) is 38.8 Å². The molecule has 0 radical (unpaired) electrons. The van der Waals surface area contributed by atoms with Crippen molar-refractivity contribution in [1.29, 1.82) is 0 Å². The Morgan fingerprint density at radius 3 is 0.889 bits per heavy atom. The van der Waals surface area contributed by atoms with Gasteiger partial charge in [0.2, 0.25) is 0 Å². The first-order valence-corrected chi connectivity index (χ1v) is 25.9. The van der Waals surface area contributed by atoms with E-state index in [1.54, 1.807) is 43.5 Å². The Morgan fingerprint density at radius 2 is 0.667 bits per heavy atom. The summed E-state index contributed by atoms with van der Waals surface area (Å²) in [5, 5.41) is 7.17. The van der Waals surface area contributed by atoms with E-state index in [1.807, 2.05) is 0 Å². The normalized spacial score (nSPS) is 54.2. The average molecular weight is 670 g/mol. The zero-order valence-corrected chi connectivity index (χ0v) is 30.6. The van der Waals surface area contributed by atoms with Gasteiger partial charge in [-0.3, -0.25) is 0 Å². The Balaban J connectivity index is 1.17. The molecule has 0 aromatic heterocycles. The minimum atomic E-state index is -3.93. The molecular weight excluding hydrogens is 625 g/mol. The van der Waals surface area contributed by atoms with E-state index in [9.17, 15) is 0 Å². The minimum absolute atomic E-state index is 0.425. The van der Waals surface area contributed by atoms with Crippen molar-refractivity contribution in [2.75, 3.05) is 0 Å². The number of benzene rings is 4. The third kappa shape index (κ3) is 0.716. The molecule has 10 fully saturated rings. The summed E-state index contributed by atoms with van der Waals surface area (Å²) >= 11 is 0. The van der Waals surface area contributed by atoms with Gasteiger partial charge in [-0.15, -0.1) is 0 Å². The molecule has 14 rings (SSSR count). The number of hydrogen-bond acceptors (Lipinski definition) is 0. The zero-order valence-electron chi connectivity index (χ0n) is 27.8. The molecule has 4 aromatic rings. The van der Waals surface area contributed by atoms with Crippen molar-refractivity contribution >= 4 is 37.1 Å². The summed E-state index contributed by atoms with van der Waals surface area (Å²) in [6, 6.07) is 29.9. The van der Waals surface area contributed by atoms with Gasteiger partial charge >= 0.3 is 263 Å². The molecule has 4 unspecified atom stereocenters. The van der Waals surface area contributed by atoms with Gasteiger partial charge in [0.15, 0.2) is 0 Å². The van der Waals surface area contributed by atoms with E-state index >= 15 is 0 Å². The third-order valence-electron chi connectivity index (χ3n) is 21.8. The van der Waals surface area contributed by atoms with Gasteiger partial charge in [0, 0.05) is 0 Å². The quantitative estimate of drug-likeness (QED) is 0.179. The predicted octanol–water partition coefficient (Wildman–Crippen LogP) is 9.92. The molecule has 231 valence electrons. The van der Waals surface area contributed by atoms with Crippen LogP contribution in [0.4, 0.5) is 0 Å². The Kier molecular flexibility index (Phi) is 2.19. The van der Waals surface area contributed by atoms with Crippen LogP contribution in [-0.4, -0.2) is 8.18 Å². The van der Waals surface area contributed by atoms with E-state index in [-0.39, 0.29) is 0 Å². The molecule has 10 saturated heterocycles. The summed E-state index contributed by atoms with van der Waals surface area (Å²) in [5.74, 6) is 0. The molecule has 4 atom stereocenters. The maximum absolute atomic E-state index is 3.93. The molecule has 0 aliphatic carbocycles. The van der Waals surface area contributed by atoms with Crippen LogP contribution in [0, 0.1) is 55.4 Å². The molecule has 10 aliphatic heterocycles. The Hall–Kier alpha value is -1.75. The van der Waals surface area contributed by atoms with Gasteiger partial charge in [0.25, 0.3) is 0 Å². The summed E-state index contributed by atoms with van der Waals surface area (Å²) in [6.07, 6.45) is -3.93. The number of fused-ring (bicyclic) bond motifs is 10. The van der Waals surface area contributed by atoms with E-state index < -0.39 is 22.2 Å². The van der Waals surface area contributed by atoms with Crippen molar-refractivity contribution in [3.8, 4) is 0 Å². The van der Waals surface area contributed by atoms with E-state index in [1.165, 1.54) is 61.1 Å². The standard InChI is InChI=1S/C37H39P2.C5H5.Co/c1-24-14-9-18-32(28(24)5)38(33-19-10-15-25(2)29(33)6)36-22-13-23-37(36)39(34-20-11-16-26(3)30(34)7)35-21-12-17-27(4)31(35)8;1-2-4-5-3-1;/h9-23H,1-8H3;1-5H;. The van der Waals surface area contributed by atoms with Gasteiger partial charge in [-0.1, -0.05) is 0 Å². The second-order valence-corrected chi connectivity index (χ2v) is 46.1. The monoisotopic (exact) mass is 669 g/mol. The van der Waals surface area contributed by atoms with E-state index in [2.05, 4.69) is 128 Å². The molecule has 45 heavy (non-hydrogen) atoms. The molecule has 1 spiro atoms. The molecule has 3 heteroatoms. The predicted molar refractivity (Wildman–Crippen MR) is 192 cm³/mol. The van der Waals surface area contributed by atoms with Crippen LogP contribution < -0.4 is 21.2 Å². The third-order valence-corrected chi connectivity index (χ3v) is 76.4. The van der Waals surface area contributed by atoms with E-state index in [4.69, 9.17) is 0 Å². The summed E-state index contributed by atoms with van der Waals surface area (Å²) < 4.78 is 1.34. The van der Waals surface area contributed by atoms with Crippen molar-refractivity contribution in [2.45, 2.75) is 102 Å². The van der Waals surface area contributed by atoms with Gasteiger partial charge in [-0.05, 0) is 0 Å². The molecule has 0 nitrogen and oxygen atoms in total. The second kappa shape index (κ2) is 4.05. The molecule has 0 N–H and O–H groups in total. The number of hydrogen-bond donors (Lipinski definition) is 0. The maximum atomic E-state index is 2.65. The fraction of sp³-hybridized carbons (Fsp3) is 0.429. The molecular formula is C42H44CoP2. The van der Waals surface area contributed by atoms with Crippen LogP contribution in [0.3, 0.4) is 0 Å². The summed E-state index contributed by atoms with van der Waals surface area (Å²) in [5.41, 5.74) is 12.5. The van der Waals surface area contributed by atoms with Gasteiger partial charge in [0.1, 0.15) is 0 Å². The molecule has 4 aromatic carbocycles. The SMILES string of the molecule is Cc1cccc(P(c2cccc(C)c2C)[C]23[CH]4[CH]5[CH]6[C]2(P(c2cccc(C)c2C)c2cccc(C)c2C)[Co]54632789[CH]3[CH]2[CH]7[CH]8[CH]39)c1C. The fourth-order valence-corrected chi connectivity index (χ4v) is 120.